The number of piperazine rings is 1. The molecule has 0 amide bonds. The van der Waals surface area contributed by atoms with Crippen molar-refractivity contribution in [2.45, 2.75) is 13.0 Å². The number of carbonyl (C=O) groups is 1. The average Bonchev–Trinajstić information content (AvgIpc) is 2.69. The maximum absolute atomic E-state index is 15.7. The Morgan fingerprint density at radius 1 is 1.20 bits per heavy atom. The number of aromatic carboxylic acids is 1. The largest absolute Gasteiger partial charge is 0.477 e. The molecule has 0 bridgehead atoms. The zero-order chi connectivity index (χ0) is 21.6. The first-order valence-corrected chi connectivity index (χ1v) is 9.33. The van der Waals surface area contributed by atoms with Crippen LogP contribution in [0.3, 0.4) is 0 Å². The minimum absolute atomic E-state index is 0.00178. The Balaban J connectivity index is 2.06. The number of carboxylic acids is 1. The number of carboxylic acid groups (broad SMARTS) is 1. The molecule has 3 aromatic rings. The Hall–Kier alpha value is -3.33. The van der Waals surface area contributed by atoms with Gasteiger partial charge in [-0.05, 0) is 37.3 Å². The molecule has 0 aliphatic carbocycles. The van der Waals surface area contributed by atoms with Gasteiger partial charge in [-0.15, -0.1) is 0 Å². The Kier molecular flexibility index (Phi) is 4.98. The van der Waals surface area contributed by atoms with Gasteiger partial charge in [0, 0.05) is 37.6 Å². The first-order valence-electron chi connectivity index (χ1n) is 9.33. The van der Waals surface area contributed by atoms with Crippen LogP contribution in [0.5, 0.6) is 0 Å². The summed E-state index contributed by atoms with van der Waals surface area (Å²) in [6.45, 7) is 3.13. The predicted molar refractivity (Wildman–Crippen MR) is 106 cm³/mol. The van der Waals surface area contributed by atoms with Crippen LogP contribution in [-0.4, -0.2) is 41.3 Å². The van der Waals surface area contributed by atoms with E-state index in [1.165, 1.54) is 12.1 Å². The fourth-order valence-corrected chi connectivity index (χ4v) is 3.79. The van der Waals surface area contributed by atoms with Crippen LogP contribution in [0.2, 0.25) is 0 Å². The highest BCUT2D eigenvalue weighted by Gasteiger charge is 2.27. The van der Waals surface area contributed by atoms with E-state index < -0.39 is 39.8 Å². The van der Waals surface area contributed by atoms with Crippen molar-refractivity contribution in [2.24, 2.45) is 0 Å². The maximum atomic E-state index is 15.7. The number of benzene rings is 2. The van der Waals surface area contributed by atoms with Crippen LogP contribution in [0.4, 0.5) is 18.9 Å². The monoisotopic (exact) mass is 417 g/mol. The number of hydrogen-bond donors (Lipinski definition) is 2. The van der Waals surface area contributed by atoms with Crippen LogP contribution in [0.15, 0.2) is 41.3 Å². The summed E-state index contributed by atoms with van der Waals surface area (Å²) in [6, 6.07) is 5.76. The Labute approximate surface area is 169 Å². The molecule has 0 saturated carbocycles. The Morgan fingerprint density at radius 2 is 1.90 bits per heavy atom. The SMILES string of the molecule is CC1CN(c2c(F)cc3c(=O)c(C(=O)O)cn(-c4ccc(F)cc4)c3c2F)CCN1. The van der Waals surface area contributed by atoms with Gasteiger partial charge in [-0.3, -0.25) is 4.79 Å². The van der Waals surface area contributed by atoms with Crippen molar-refractivity contribution in [2.75, 3.05) is 24.5 Å². The van der Waals surface area contributed by atoms with Crippen molar-refractivity contribution in [1.29, 1.82) is 0 Å². The number of nitrogens with zero attached hydrogens (tertiary/aromatic N) is 2. The predicted octanol–water partition coefficient (Wildman–Crippen LogP) is 2.90. The molecule has 1 aromatic heterocycles. The molecular weight excluding hydrogens is 399 g/mol. The lowest BCUT2D eigenvalue weighted by Crippen LogP contribution is -2.49. The molecule has 30 heavy (non-hydrogen) atoms. The number of nitrogens with one attached hydrogen (secondary N) is 1. The first kappa shape index (κ1) is 20.0. The quantitative estimate of drug-likeness (QED) is 0.686. The first-order chi connectivity index (χ1) is 14.3. The molecule has 2 heterocycles. The normalized spacial score (nSPS) is 16.8. The highest BCUT2D eigenvalue weighted by atomic mass is 19.1. The summed E-state index contributed by atoms with van der Waals surface area (Å²) in [7, 11) is 0. The third-order valence-corrected chi connectivity index (χ3v) is 5.18. The van der Waals surface area contributed by atoms with Gasteiger partial charge < -0.3 is 19.9 Å². The summed E-state index contributed by atoms with van der Waals surface area (Å²) in [5.41, 5.74) is -1.95. The molecule has 6 nitrogen and oxygen atoms in total. The second-order valence-electron chi connectivity index (χ2n) is 7.24. The van der Waals surface area contributed by atoms with Gasteiger partial charge in [0.1, 0.15) is 22.9 Å². The van der Waals surface area contributed by atoms with E-state index in [1.807, 2.05) is 6.92 Å². The number of halogens is 3. The van der Waals surface area contributed by atoms with Crippen molar-refractivity contribution < 1.29 is 23.1 Å². The van der Waals surface area contributed by atoms with Crippen LogP contribution < -0.4 is 15.6 Å². The number of fused-ring (bicyclic) bond motifs is 1. The molecule has 9 heteroatoms. The van der Waals surface area contributed by atoms with E-state index in [0.717, 1.165) is 29.0 Å². The molecule has 1 saturated heterocycles. The number of anilines is 1. The molecule has 0 spiro atoms. The second-order valence-corrected chi connectivity index (χ2v) is 7.24. The molecule has 1 fully saturated rings. The standard InChI is InChI=1S/C21H18F3N3O3/c1-11-9-26(7-6-25-11)19-16(23)8-14-18(17(19)24)27(10-15(20(14)28)21(29)30)13-4-2-12(22)3-5-13/h2-5,8,10-11,25H,6-7,9H2,1H3,(H,29,30). The third kappa shape index (κ3) is 3.30. The molecule has 1 unspecified atom stereocenters. The molecule has 156 valence electrons. The highest BCUT2D eigenvalue weighted by Crippen LogP contribution is 2.32. The molecule has 2 aromatic carbocycles. The van der Waals surface area contributed by atoms with Gasteiger partial charge in [-0.1, -0.05) is 0 Å². The maximum Gasteiger partial charge on any atom is 0.341 e. The van der Waals surface area contributed by atoms with Gasteiger partial charge in [0.2, 0.25) is 5.43 Å². The van der Waals surface area contributed by atoms with Crippen LogP contribution in [0.25, 0.3) is 16.6 Å². The van der Waals surface area contributed by atoms with Gasteiger partial charge in [0.05, 0.1) is 10.9 Å². The van der Waals surface area contributed by atoms with E-state index in [4.69, 9.17) is 0 Å². The molecule has 2 N–H and O–H groups in total. The van der Waals surface area contributed by atoms with Gasteiger partial charge in [0.25, 0.3) is 0 Å². The lowest BCUT2D eigenvalue weighted by molar-refractivity contribution is 0.0695. The minimum atomic E-state index is -1.53. The van der Waals surface area contributed by atoms with Gasteiger partial charge in [0.15, 0.2) is 5.82 Å². The van der Waals surface area contributed by atoms with Crippen molar-refractivity contribution in [1.82, 2.24) is 9.88 Å². The molecule has 1 aliphatic heterocycles. The van der Waals surface area contributed by atoms with Crippen molar-refractivity contribution in [3.05, 3.63) is 69.8 Å². The summed E-state index contributed by atoms with van der Waals surface area (Å²) in [5, 5.41) is 12.2. The van der Waals surface area contributed by atoms with Crippen LogP contribution >= 0.6 is 0 Å². The van der Waals surface area contributed by atoms with E-state index in [0.29, 0.717) is 19.6 Å². The van der Waals surface area contributed by atoms with E-state index in [-0.39, 0.29) is 22.9 Å². The zero-order valence-corrected chi connectivity index (χ0v) is 16.0. The summed E-state index contributed by atoms with van der Waals surface area (Å²) in [6.07, 6.45) is 0.978. The Morgan fingerprint density at radius 3 is 2.53 bits per heavy atom. The van der Waals surface area contributed by atoms with Crippen LogP contribution in [-0.2, 0) is 0 Å². The number of aromatic nitrogens is 1. The van der Waals surface area contributed by atoms with Crippen molar-refractivity contribution in [3.63, 3.8) is 0 Å². The van der Waals surface area contributed by atoms with Gasteiger partial charge >= 0.3 is 5.97 Å². The topological polar surface area (TPSA) is 74.6 Å². The van der Waals surface area contributed by atoms with Crippen LogP contribution in [0.1, 0.15) is 17.3 Å². The molecule has 0 radical (unpaired) electrons. The zero-order valence-electron chi connectivity index (χ0n) is 16.0. The fraction of sp³-hybridized carbons (Fsp3) is 0.238. The van der Waals surface area contributed by atoms with E-state index in [1.54, 1.807) is 4.90 Å². The van der Waals surface area contributed by atoms with Crippen LogP contribution in [0, 0.1) is 17.5 Å². The molecular formula is C21H18F3N3O3. The van der Waals surface area contributed by atoms with Gasteiger partial charge in [-0.2, -0.15) is 0 Å². The molecule has 1 aliphatic rings. The van der Waals surface area contributed by atoms with E-state index >= 15 is 4.39 Å². The fourth-order valence-electron chi connectivity index (χ4n) is 3.79. The summed E-state index contributed by atoms with van der Waals surface area (Å²) >= 11 is 0. The number of hydrogen-bond acceptors (Lipinski definition) is 4. The number of pyridine rings is 1. The number of rotatable bonds is 3. The van der Waals surface area contributed by atoms with E-state index in [9.17, 15) is 23.5 Å². The van der Waals surface area contributed by atoms with Crippen molar-refractivity contribution >= 4 is 22.6 Å². The smallest absolute Gasteiger partial charge is 0.341 e. The summed E-state index contributed by atoms with van der Waals surface area (Å²) < 4.78 is 45.2. The molecule has 4 rings (SSSR count). The molecule has 1 atom stereocenters. The van der Waals surface area contributed by atoms with E-state index in [2.05, 4.69) is 5.32 Å². The van der Waals surface area contributed by atoms with Crippen molar-refractivity contribution in [3.8, 4) is 5.69 Å². The lowest BCUT2D eigenvalue weighted by atomic mass is 10.1. The average molecular weight is 417 g/mol. The lowest BCUT2D eigenvalue weighted by Gasteiger charge is -2.34. The summed E-state index contributed by atoms with van der Waals surface area (Å²) in [5.74, 6) is -3.99. The third-order valence-electron chi connectivity index (χ3n) is 5.18. The second kappa shape index (κ2) is 7.49. The summed E-state index contributed by atoms with van der Waals surface area (Å²) in [4.78, 5) is 25.7. The highest BCUT2D eigenvalue weighted by molar-refractivity contribution is 5.94. The minimum Gasteiger partial charge on any atom is -0.477 e. The van der Waals surface area contributed by atoms with Gasteiger partial charge in [-0.25, -0.2) is 18.0 Å². The Bertz CT molecular complexity index is 1210.